The molecular formula is C2H2Cl3Pd. The molecule has 0 unspecified atom stereocenters. The summed E-state index contributed by atoms with van der Waals surface area (Å²) in [5.41, 5.74) is 2.48. The van der Waals surface area contributed by atoms with Gasteiger partial charge in [-0.25, -0.2) is 0 Å². The van der Waals surface area contributed by atoms with E-state index in [1.807, 2.05) is 0 Å². The molecule has 0 radical (unpaired) electrons. The van der Waals surface area contributed by atoms with Crippen LogP contribution in [0.1, 0.15) is 0 Å². The normalized spacial score (nSPS) is 7.50. The Morgan fingerprint density at radius 3 is 1.17 bits per heavy atom. The fourth-order valence-corrected chi connectivity index (χ4v) is 0. The van der Waals surface area contributed by atoms with Crippen LogP contribution in [0.4, 0.5) is 0 Å². The molecule has 4 heteroatoms. The molecule has 0 aliphatic heterocycles. The molecule has 0 nitrogen and oxygen atoms in total. The predicted molar refractivity (Wildman–Crippen MR) is 26.7 cm³/mol. The van der Waals surface area contributed by atoms with Gasteiger partial charge in [-0.3, -0.25) is 0 Å². The van der Waals surface area contributed by atoms with E-state index in [0.717, 1.165) is 0 Å². The van der Waals surface area contributed by atoms with Crippen molar-refractivity contribution in [3.8, 4) is 0 Å². The zero-order valence-electron chi connectivity index (χ0n) is 2.60. The van der Waals surface area contributed by atoms with Crippen LogP contribution in [0, 0.1) is 0 Å². The van der Waals surface area contributed by atoms with Gasteiger partial charge in [-0.05, 0) is 0 Å². The second-order valence-corrected chi connectivity index (χ2v) is 0.756. The molecule has 0 amide bonds. The molecule has 0 aromatic carbocycles. The van der Waals surface area contributed by atoms with E-state index in [9.17, 15) is 0 Å². The first-order chi connectivity index (χ1) is 2.91. The summed E-state index contributed by atoms with van der Waals surface area (Å²) in [4.78, 5) is 0. The third-order valence-electron chi connectivity index (χ3n) is 0.0476. The molecule has 0 fully saturated rings. The fraction of sp³-hybridized carbons (Fsp3) is 0. The molecule has 0 saturated heterocycles. The first-order valence-corrected chi connectivity index (χ1v) is 3.76. The maximum absolute atomic E-state index is 4.87. The number of hydrogen-bond donors (Lipinski definition) is 0. The number of hydrogen-bond acceptors (Lipinski definition) is 0. The van der Waals surface area contributed by atoms with Gasteiger partial charge in [0.2, 0.25) is 0 Å². The van der Waals surface area contributed by atoms with Crippen molar-refractivity contribution < 1.29 is 18.2 Å². The fourth-order valence-electron chi connectivity index (χ4n) is 0. The van der Waals surface area contributed by atoms with Gasteiger partial charge in [0.1, 0.15) is 0 Å². The first-order valence-electron chi connectivity index (χ1n) is 0.889. The monoisotopic (exact) mass is 237 g/mol. The summed E-state index contributed by atoms with van der Waals surface area (Å²) in [6, 6.07) is 0. The Labute approximate surface area is 61.8 Å². The Morgan fingerprint density at radius 2 is 1.17 bits per heavy atom. The molecule has 6 heavy (non-hydrogen) atoms. The van der Waals surface area contributed by atoms with E-state index < -0.39 is 0 Å². The standard InChI is InChI=1S/C2H2Cl2.ClH.Pd/c3-1-2-4;;/h1-2H;1H;/q;;+1/p-1. The van der Waals surface area contributed by atoms with E-state index in [0.29, 0.717) is 0 Å². The molecule has 0 aliphatic carbocycles. The summed E-state index contributed by atoms with van der Waals surface area (Å²) in [5, 5.41) is 0. The molecule has 0 N–H and O–H groups in total. The SMILES string of the molecule is ClC=CCl.[Cl][Pd]. The first kappa shape index (κ1) is 10.3. The van der Waals surface area contributed by atoms with Crippen LogP contribution in [0.15, 0.2) is 11.1 Å². The predicted octanol–water partition coefficient (Wildman–Crippen LogP) is 2.62. The summed E-state index contributed by atoms with van der Waals surface area (Å²) in [6.07, 6.45) is 0. The molecule has 0 rings (SSSR count). The van der Waals surface area contributed by atoms with E-state index in [2.05, 4.69) is 27.7 Å². The molecule has 0 saturated carbocycles. The zero-order valence-corrected chi connectivity index (χ0v) is 6.43. The Balaban J connectivity index is 0. The van der Waals surface area contributed by atoms with Crippen molar-refractivity contribution >= 4 is 32.7 Å². The quantitative estimate of drug-likeness (QED) is 0.570. The van der Waals surface area contributed by atoms with E-state index in [1.165, 1.54) is 11.1 Å². The summed E-state index contributed by atoms with van der Waals surface area (Å²) >= 11 is 12.0. The third kappa shape index (κ3) is 18.6. The van der Waals surface area contributed by atoms with Crippen LogP contribution < -0.4 is 0 Å². The van der Waals surface area contributed by atoms with Crippen LogP contribution in [-0.2, 0) is 18.2 Å². The Hall–Kier alpha value is 1.27. The minimum atomic E-state index is 1.24. The molecule has 0 atom stereocenters. The summed E-state index contributed by atoms with van der Waals surface area (Å²) in [5.74, 6) is 0. The van der Waals surface area contributed by atoms with E-state index in [4.69, 9.17) is 23.2 Å². The average Bonchev–Trinajstić information content (AvgIpc) is 1.72. The van der Waals surface area contributed by atoms with Gasteiger partial charge in [0.05, 0.1) is 0 Å². The maximum atomic E-state index is 4.87. The molecule has 41 valence electrons. The number of halogens is 3. The summed E-state index contributed by atoms with van der Waals surface area (Å²) < 4.78 is 0. The third-order valence-corrected chi connectivity index (χ3v) is 0.429. The van der Waals surface area contributed by atoms with Crippen LogP contribution in [-0.4, -0.2) is 0 Å². The van der Waals surface area contributed by atoms with Crippen molar-refractivity contribution in [3.63, 3.8) is 0 Å². The molecule has 0 spiro atoms. The van der Waals surface area contributed by atoms with E-state index in [-0.39, 0.29) is 0 Å². The molecule has 0 bridgehead atoms. The van der Waals surface area contributed by atoms with Crippen molar-refractivity contribution in [2.75, 3.05) is 0 Å². The topological polar surface area (TPSA) is 0 Å². The van der Waals surface area contributed by atoms with E-state index in [1.54, 1.807) is 0 Å². The van der Waals surface area contributed by atoms with Crippen molar-refractivity contribution in [3.05, 3.63) is 11.1 Å². The number of rotatable bonds is 0. The minimum absolute atomic E-state index is 1.24. The molecule has 0 aromatic rings. The van der Waals surface area contributed by atoms with Crippen LogP contribution in [0.2, 0.25) is 0 Å². The van der Waals surface area contributed by atoms with Crippen molar-refractivity contribution in [1.82, 2.24) is 0 Å². The Morgan fingerprint density at radius 1 is 1.00 bits per heavy atom. The molecule has 0 aromatic heterocycles. The van der Waals surface area contributed by atoms with Crippen LogP contribution in [0.5, 0.6) is 0 Å². The van der Waals surface area contributed by atoms with Gasteiger partial charge in [0.15, 0.2) is 0 Å². The molecule has 0 heterocycles. The van der Waals surface area contributed by atoms with Crippen LogP contribution in [0.25, 0.3) is 0 Å². The van der Waals surface area contributed by atoms with E-state index >= 15 is 0 Å². The summed E-state index contributed by atoms with van der Waals surface area (Å²) in [6.45, 7) is 0. The van der Waals surface area contributed by atoms with Gasteiger partial charge < -0.3 is 0 Å². The van der Waals surface area contributed by atoms with Gasteiger partial charge in [0.25, 0.3) is 0 Å². The zero-order chi connectivity index (χ0) is 5.41. The summed E-state index contributed by atoms with van der Waals surface area (Å²) in [7, 11) is 4.49. The Bertz CT molecular complexity index is 24.0. The second-order valence-electron chi connectivity index (χ2n) is 0.252. The van der Waals surface area contributed by atoms with Crippen LogP contribution >= 0.6 is 32.7 Å². The van der Waals surface area contributed by atoms with Crippen molar-refractivity contribution in [1.29, 1.82) is 0 Å². The van der Waals surface area contributed by atoms with Gasteiger partial charge >= 0.3 is 27.7 Å². The van der Waals surface area contributed by atoms with Gasteiger partial charge in [-0.2, -0.15) is 0 Å². The van der Waals surface area contributed by atoms with Crippen LogP contribution in [0.3, 0.4) is 0 Å². The Kier molecular flexibility index (Phi) is 27.9. The molecule has 0 aliphatic rings. The van der Waals surface area contributed by atoms with Gasteiger partial charge in [-0.15, -0.1) is 0 Å². The van der Waals surface area contributed by atoms with Gasteiger partial charge in [-0.1, -0.05) is 23.2 Å². The van der Waals surface area contributed by atoms with Gasteiger partial charge in [0, 0.05) is 11.1 Å². The van der Waals surface area contributed by atoms with Crippen molar-refractivity contribution in [2.45, 2.75) is 0 Å². The average molecular weight is 239 g/mol. The second kappa shape index (κ2) is 16.3. The molecular weight excluding hydrogens is 237 g/mol. The van der Waals surface area contributed by atoms with Crippen molar-refractivity contribution in [2.24, 2.45) is 0 Å².